The maximum absolute atomic E-state index is 12.3. The third-order valence-electron chi connectivity index (χ3n) is 2.75. The topological polar surface area (TPSA) is 54.5 Å². The van der Waals surface area contributed by atoms with Crippen molar-refractivity contribution in [2.45, 2.75) is 26.8 Å². The molecule has 0 aliphatic carbocycles. The Labute approximate surface area is 121 Å². The zero-order valence-corrected chi connectivity index (χ0v) is 12.9. The van der Waals surface area contributed by atoms with E-state index in [2.05, 4.69) is 0 Å². The average molecular weight is 295 g/mol. The Balaban J connectivity index is 2.92. The lowest BCUT2D eigenvalue weighted by Crippen LogP contribution is -2.41. The molecule has 0 heterocycles. The molecule has 0 saturated carbocycles. The average Bonchev–Trinajstić information content (AvgIpc) is 2.36. The number of para-hydroxylation sites is 1. The first-order valence-corrected chi connectivity index (χ1v) is 8.38. The van der Waals surface area contributed by atoms with Crippen LogP contribution in [0.25, 0.3) is 0 Å². The lowest BCUT2D eigenvalue weighted by Gasteiger charge is -2.26. The van der Waals surface area contributed by atoms with Crippen molar-refractivity contribution in [1.82, 2.24) is 0 Å². The monoisotopic (exact) mass is 295 g/mol. The minimum absolute atomic E-state index is 0.0955. The molecule has 0 fully saturated rings. The van der Waals surface area contributed by atoms with Crippen molar-refractivity contribution in [3.05, 3.63) is 42.5 Å². The highest BCUT2D eigenvalue weighted by Gasteiger charge is 2.24. The first-order chi connectivity index (χ1) is 9.37. The molecule has 1 aromatic rings. The molecule has 0 aliphatic heterocycles. The minimum atomic E-state index is -3.41. The summed E-state index contributed by atoms with van der Waals surface area (Å²) in [4.78, 5) is 13.8. The minimum Gasteiger partial charge on any atom is -0.309 e. The van der Waals surface area contributed by atoms with Gasteiger partial charge >= 0.3 is 0 Å². The molecule has 0 bridgehead atoms. The summed E-state index contributed by atoms with van der Waals surface area (Å²) in [7, 11) is -3.41. The van der Waals surface area contributed by atoms with Gasteiger partial charge in [0.2, 0.25) is 5.91 Å². The van der Waals surface area contributed by atoms with Gasteiger partial charge in [0, 0.05) is 11.7 Å². The van der Waals surface area contributed by atoms with Crippen LogP contribution >= 0.6 is 0 Å². The van der Waals surface area contributed by atoms with Crippen LogP contribution in [0.1, 0.15) is 20.8 Å². The summed E-state index contributed by atoms with van der Waals surface area (Å²) in [5, 5.41) is 0. The Morgan fingerprint density at radius 2 is 1.85 bits per heavy atom. The van der Waals surface area contributed by atoms with Crippen LogP contribution in [0, 0.1) is 0 Å². The van der Waals surface area contributed by atoms with E-state index in [1.54, 1.807) is 31.2 Å². The molecule has 0 saturated heterocycles. The zero-order chi connectivity index (χ0) is 15.2. The molecular formula is C15H21NO3S. The number of hydrogen-bond donors (Lipinski definition) is 0. The van der Waals surface area contributed by atoms with Crippen LogP contribution in [-0.2, 0) is 14.6 Å². The normalized spacial score (nSPS) is 12.0. The largest absolute Gasteiger partial charge is 0.309 e. The van der Waals surface area contributed by atoms with E-state index < -0.39 is 21.5 Å². The van der Waals surface area contributed by atoms with Gasteiger partial charge in [0.15, 0.2) is 9.84 Å². The number of carbonyl (C=O) groups is 1. The maximum atomic E-state index is 12.3. The standard InChI is InChI=1S/C15H21NO3S/c1-4-5-11-20(18,19)12-15(17)16(13(2)3)14-9-7-6-8-10-14/h4-10,13H,11-12H2,1-3H3/b5-4+. The Morgan fingerprint density at radius 3 is 2.35 bits per heavy atom. The summed E-state index contributed by atoms with van der Waals surface area (Å²) in [6.45, 7) is 5.48. The smallest absolute Gasteiger partial charge is 0.242 e. The van der Waals surface area contributed by atoms with Gasteiger partial charge in [-0.1, -0.05) is 30.4 Å². The summed E-state index contributed by atoms with van der Waals surface area (Å²) < 4.78 is 23.7. The van der Waals surface area contributed by atoms with Crippen LogP contribution in [0.15, 0.2) is 42.5 Å². The second-order valence-electron chi connectivity index (χ2n) is 4.82. The molecule has 1 rings (SSSR count). The molecule has 0 spiro atoms. The van der Waals surface area contributed by atoms with E-state index >= 15 is 0 Å². The maximum Gasteiger partial charge on any atom is 0.242 e. The van der Waals surface area contributed by atoms with Crippen LogP contribution in [0.4, 0.5) is 5.69 Å². The lowest BCUT2D eigenvalue weighted by atomic mass is 10.2. The predicted molar refractivity (Wildman–Crippen MR) is 82.5 cm³/mol. The molecule has 1 aromatic carbocycles. The Morgan fingerprint density at radius 1 is 1.25 bits per heavy atom. The highest BCUT2D eigenvalue weighted by molar-refractivity contribution is 7.92. The van der Waals surface area contributed by atoms with Crippen LogP contribution in [0.3, 0.4) is 0 Å². The van der Waals surface area contributed by atoms with Gasteiger partial charge in [-0.25, -0.2) is 8.42 Å². The summed E-state index contributed by atoms with van der Waals surface area (Å²) >= 11 is 0. The fraction of sp³-hybridized carbons (Fsp3) is 0.400. The van der Waals surface area contributed by atoms with E-state index in [0.29, 0.717) is 5.69 Å². The van der Waals surface area contributed by atoms with Gasteiger partial charge < -0.3 is 4.90 Å². The second kappa shape index (κ2) is 7.24. The Hall–Kier alpha value is -1.62. The number of benzene rings is 1. The van der Waals surface area contributed by atoms with Crippen molar-refractivity contribution in [1.29, 1.82) is 0 Å². The van der Waals surface area contributed by atoms with Gasteiger partial charge in [0.25, 0.3) is 0 Å². The quantitative estimate of drug-likeness (QED) is 0.757. The van der Waals surface area contributed by atoms with Crippen LogP contribution in [-0.4, -0.2) is 31.9 Å². The molecule has 4 nitrogen and oxygen atoms in total. The van der Waals surface area contributed by atoms with Crippen molar-refractivity contribution >= 4 is 21.4 Å². The number of hydrogen-bond acceptors (Lipinski definition) is 3. The SMILES string of the molecule is C/C=C/CS(=O)(=O)CC(=O)N(c1ccccc1)C(C)C. The number of allylic oxidation sites excluding steroid dienone is 1. The van der Waals surface area contributed by atoms with Gasteiger partial charge in [-0.15, -0.1) is 0 Å². The molecule has 110 valence electrons. The highest BCUT2D eigenvalue weighted by Crippen LogP contribution is 2.17. The van der Waals surface area contributed by atoms with Crippen LogP contribution in [0.5, 0.6) is 0 Å². The van der Waals surface area contributed by atoms with Gasteiger partial charge in [0.05, 0.1) is 5.75 Å². The van der Waals surface area contributed by atoms with Gasteiger partial charge in [-0.2, -0.15) is 0 Å². The number of anilines is 1. The molecule has 0 unspecified atom stereocenters. The second-order valence-corrected chi connectivity index (χ2v) is 6.93. The highest BCUT2D eigenvalue weighted by atomic mass is 32.2. The number of amides is 1. The van der Waals surface area contributed by atoms with Crippen molar-refractivity contribution < 1.29 is 13.2 Å². The van der Waals surface area contributed by atoms with Crippen LogP contribution in [0.2, 0.25) is 0 Å². The van der Waals surface area contributed by atoms with E-state index in [9.17, 15) is 13.2 Å². The third kappa shape index (κ3) is 4.81. The fourth-order valence-corrected chi connectivity index (χ4v) is 3.00. The molecule has 0 aromatic heterocycles. The summed E-state index contributed by atoms with van der Waals surface area (Å²) in [6.07, 6.45) is 3.21. The molecule has 0 N–H and O–H groups in total. The Kier molecular flexibility index (Phi) is 5.95. The number of carbonyl (C=O) groups excluding carboxylic acids is 1. The predicted octanol–water partition coefficient (Wildman–Crippen LogP) is 2.42. The molecule has 0 atom stereocenters. The fourth-order valence-electron chi connectivity index (χ4n) is 1.88. The van der Waals surface area contributed by atoms with Crippen molar-refractivity contribution in [2.75, 3.05) is 16.4 Å². The lowest BCUT2D eigenvalue weighted by molar-refractivity contribution is -0.116. The van der Waals surface area contributed by atoms with Crippen molar-refractivity contribution in [3.63, 3.8) is 0 Å². The molecular weight excluding hydrogens is 274 g/mol. The van der Waals surface area contributed by atoms with Crippen molar-refractivity contribution in [2.24, 2.45) is 0 Å². The number of rotatable bonds is 6. The van der Waals surface area contributed by atoms with E-state index in [-0.39, 0.29) is 11.8 Å². The first-order valence-electron chi connectivity index (χ1n) is 6.56. The molecule has 0 aliphatic rings. The van der Waals surface area contributed by atoms with Gasteiger partial charge in [-0.3, -0.25) is 4.79 Å². The van der Waals surface area contributed by atoms with Gasteiger partial charge in [0.1, 0.15) is 5.75 Å². The number of sulfone groups is 1. The summed E-state index contributed by atoms with van der Waals surface area (Å²) in [5.74, 6) is -0.962. The third-order valence-corrected chi connectivity index (χ3v) is 4.14. The molecule has 20 heavy (non-hydrogen) atoms. The summed E-state index contributed by atoms with van der Waals surface area (Å²) in [6, 6.07) is 9.02. The molecule has 1 amide bonds. The van der Waals surface area contributed by atoms with Crippen molar-refractivity contribution in [3.8, 4) is 0 Å². The molecule has 5 heteroatoms. The van der Waals surface area contributed by atoms with E-state index in [1.807, 2.05) is 32.0 Å². The van der Waals surface area contributed by atoms with Crippen LogP contribution < -0.4 is 4.90 Å². The first kappa shape index (κ1) is 16.4. The van der Waals surface area contributed by atoms with Gasteiger partial charge in [-0.05, 0) is 32.9 Å². The number of nitrogens with zero attached hydrogens (tertiary/aromatic N) is 1. The molecule has 0 radical (unpaired) electrons. The summed E-state index contributed by atoms with van der Waals surface area (Å²) in [5.41, 5.74) is 0.716. The van der Waals surface area contributed by atoms with E-state index in [0.717, 1.165) is 0 Å². The zero-order valence-electron chi connectivity index (χ0n) is 12.1. The van der Waals surface area contributed by atoms with E-state index in [1.165, 1.54) is 4.90 Å². The van der Waals surface area contributed by atoms with E-state index in [4.69, 9.17) is 0 Å². The Bertz CT molecular complexity index is 562.